The number of cyclic esters (lactones) is 2. The minimum absolute atomic E-state index is 0.374. The minimum atomic E-state index is -0.547. The topological polar surface area (TPSA) is 43.4 Å². The quantitative estimate of drug-likeness (QED) is 0.456. The van der Waals surface area contributed by atoms with Crippen LogP contribution < -0.4 is 0 Å². The molecule has 2 aromatic carbocycles. The first-order valence-electron chi connectivity index (χ1n) is 5.46. The van der Waals surface area contributed by atoms with Crippen molar-refractivity contribution in [3.05, 3.63) is 47.5 Å². The number of hydrogen-bond donors (Lipinski definition) is 0. The molecular weight excluding hydrogens is 248 g/mol. The van der Waals surface area contributed by atoms with Crippen molar-refractivity contribution in [1.29, 1.82) is 0 Å². The summed E-state index contributed by atoms with van der Waals surface area (Å²) in [6, 6.07) is 11.5. The largest absolute Gasteiger partial charge is 0.386 e. The van der Waals surface area contributed by atoms with Crippen molar-refractivity contribution in [2.45, 2.75) is 0 Å². The first kappa shape index (κ1) is 9.79. The fourth-order valence-electron chi connectivity index (χ4n) is 2.35. The second-order valence-corrected chi connectivity index (χ2v) is 5.19. The molecule has 0 atom stereocenters. The zero-order valence-corrected chi connectivity index (χ0v) is 9.91. The highest BCUT2D eigenvalue weighted by Crippen LogP contribution is 2.39. The number of thiophene rings is 1. The molecule has 1 aliphatic heterocycles. The molecule has 0 unspecified atom stereocenters. The van der Waals surface area contributed by atoms with Crippen LogP contribution in [0.3, 0.4) is 0 Å². The van der Waals surface area contributed by atoms with Crippen LogP contribution in [0.25, 0.3) is 20.2 Å². The third-order valence-electron chi connectivity index (χ3n) is 3.16. The lowest BCUT2D eigenvalue weighted by Gasteiger charge is -1.94. The van der Waals surface area contributed by atoms with Gasteiger partial charge in [0.25, 0.3) is 0 Å². The number of ether oxygens (including phenoxy) is 1. The van der Waals surface area contributed by atoms with Crippen molar-refractivity contribution in [2.24, 2.45) is 0 Å². The summed E-state index contributed by atoms with van der Waals surface area (Å²) in [6.07, 6.45) is 0. The van der Waals surface area contributed by atoms with Crippen LogP contribution in [0, 0.1) is 0 Å². The van der Waals surface area contributed by atoms with E-state index >= 15 is 0 Å². The van der Waals surface area contributed by atoms with Crippen LogP contribution in [0.5, 0.6) is 0 Å². The Bertz CT molecular complexity index is 845. The molecule has 4 rings (SSSR count). The Balaban J connectivity index is 2.25. The third-order valence-corrected chi connectivity index (χ3v) is 4.36. The van der Waals surface area contributed by atoms with Crippen molar-refractivity contribution in [1.82, 2.24) is 0 Å². The smallest absolute Gasteiger partial charge is 0.348 e. The fourth-order valence-corrected chi connectivity index (χ4v) is 3.59. The van der Waals surface area contributed by atoms with Crippen LogP contribution in [-0.4, -0.2) is 11.9 Å². The normalized spacial score (nSPS) is 14.2. The van der Waals surface area contributed by atoms with Crippen LogP contribution in [0.4, 0.5) is 0 Å². The zero-order valence-electron chi connectivity index (χ0n) is 9.10. The first-order valence-corrected chi connectivity index (χ1v) is 6.28. The van der Waals surface area contributed by atoms with E-state index in [4.69, 9.17) is 0 Å². The van der Waals surface area contributed by atoms with Crippen LogP contribution in [0.2, 0.25) is 0 Å². The minimum Gasteiger partial charge on any atom is -0.386 e. The van der Waals surface area contributed by atoms with Gasteiger partial charge >= 0.3 is 11.9 Å². The summed E-state index contributed by atoms with van der Waals surface area (Å²) in [5.74, 6) is -1.08. The molecule has 86 valence electrons. The van der Waals surface area contributed by atoms with Crippen LogP contribution in [-0.2, 0) is 4.74 Å². The molecule has 0 fully saturated rings. The van der Waals surface area contributed by atoms with Gasteiger partial charge in [0.1, 0.15) is 0 Å². The summed E-state index contributed by atoms with van der Waals surface area (Å²) in [5.41, 5.74) is 0.790. The van der Waals surface area contributed by atoms with Gasteiger partial charge in [-0.15, -0.1) is 11.3 Å². The molecule has 1 aliphatic rings. The molecule has 0 saturated heterocycles. The molecule has 2 heterocycles. The predicted octanol–water partition coefficient (Wildman–Crippen LogP) is 3.37. The Morgan fingerprint density at radius 2 is 1.72 bits per heavy atom. The maximum atomic E-state index is 11.7. The molecular formula is C14H6O3S. The molecule has 0 N–H and O–H groups in total. The molecule has 0 bridgehead atoms. The summed E-state index contributed by atoms with van der Waals surface area (Å²) in [4.78, 5) is 23.2. The summed E-state index contributed by atoms with van der Waals surface area (Å²) in [7, 11) is 0. The molecule has 1 aromatic heterocycles. The van der Waals surface area contributed by atoms with Crippen molar-refractivity contribution < 1.29 is 14.3 Å². The van der Waals surface area contributed by atoms with Crippen molar-refractivity contribution in [3.63, 3.8) is 0 Å². The van der Waals surface area contributed by atoms with Crippen molar-refractivity contribution >= 4 is 43.4 Å². The second-order valence-electron chi connectivity index (χ2n) is 4.14. The average Bonchev–Trinajstić information content (AvgIpc) is 2.88. The van der Waals surface area contributed by atoms with Gasteiger partial charge in [-0.05, 0) is 12.1 Å². The molecule has 0 radical (unpaired) electrons. The van der Waals surface area contributed by atoms with Crippen LogP contribution in [0.1, 0.15) is 20.7 Å². The highest BCUT2D eigenvalue weighted by atomic mass is 32.1. The van der Waals surface area contributed by atoms with Crippen molar-refractivity contribution in [3.8, 4) is 0 Å². The molecule has 0 amide bonds. The maximum absolute atomic E-state index is 11.7. The number of carbonyl (C=O) groups excluding carboxylic acids is 2. The molecule has 18 heavy (non-hydrogen) atoms. The van der Waals surface area contributed by atoms with E-state index in [0.717, 1.165) is 20.2 Å². The fraction of sp³-hybridized carbons (Fsp3) is 0. The van der Waals surface area contributed by atoms with Gasteiger partial charge in [0.15, 0.2) is 0 Å². The van der Waals surface area contributed by atoms with E-state index in [1.54, 1.807) is 6.07 Å². The Labute approximate surface area is 106 Å². The summed E-state index contributed by atoms with van der Waals surface area (Å²) in [5, 5.41) is 2.11. The highest BCUT2D eigenvalue weighted by molar-refractivity contribution is 7.26. The first-order chi connectivity index (χ1) is 8.75. The number of fused-ring (bicyclic) bond motifs is 5. The van der Waals surface area contributed by atoms with Gasteiger partial charge < -0.3 is 4.74 Å². The standard InChI is InChI=1S/C14H6O3S/c15-13-9-6-5-8-7-3-1-2-4-10(7)18-12(8)11(9)14(16)17-13/h1-6H. The molecule has 0 saturated carbocycles. The monoisotopic (exact) mass is 254 g/mol. The second kappa shape index (κ2) is 3.17. The lowest BCUT2D eigenvalue weighted by atomic mass is 10.1. The number of rotatable bonds is 0. The zero-order chi connectivity index (χ0) is 12.3. The van der Waals surface area contributed by atoms with E-state index in [1.807, 2.05) is 30.3 Å². The number of benzene rings is 2. The molecule has 3 nitrogen and oxygen atoms in total. The van der Waals surface area contributed by atoms with E-state index < -0.39 is 11.9 Å². The lowest BCUT2D eigenvalue weighted by molar-refractivity contribution is 0.0444. The van der Waals surface area contributed by atoms with Gasteiger partial charge in [0, 0.05) is 15.5 Å². The Morgan fingerprint density at radius 1 is 0.889 bits per heavy atom. The van der Waals surface area contributed by atoms with Gasteiger partial charge in [-0.1, -0.05) is 24.3 Å². The maximum Gasteiger partial charge on any atom is 0.348 e. The van der Waals surface area contributed by atoms with Crippen LogP contribution in [0.15, 0.2) is 36.4 Å². The van der Waals surface area contributed by atoms with Gasteiger partial charge in [0.05, 0.1) is 15.8 Å². The van der Waals surface area contributed by atoms with Crippen LogP contribution >= 0.6 is 11.3 Å². The number of carbonyl (C=O) groups is 2. The van der Waals surface area contributed by atoms with E-state index in [-0.39, 0.29) is 0 Å². The third kappa shape index (κ3) is 1.08. The number of hydrogen-bond acceptors (Lipinski definition) is 4. The molecule has 0 spiro atoms. The summed E-state index contributed by atoms with van der Waals surface area (Å²) in [6.45, 7) is 0. The average molecular weight is 254 g/mol. The van der Waals surface area contributed by atoms with Gasteiger partial charge in [-0.2, -0.15) is 0 Å². The van der Waals surface area contributed by atoms with Gasteiger partial charge in [0.2, 0.25) is 0 Å². The molecule has 0 aliphatic carbocycles. The van der Waals surface area contributed by atoms with Gasteiger partial charge in [-0.25, -0.2) is 9.59 Å². The van der Waals surface area contributed by atoms with Crippen molar-refractivity contribution in [2.75, 3.05) is 0 Å². The Morgan fingerprint density at radius 3 is 2.61 bits per heavy atom. The lowest BCUT2D eigenvalue weighted by Crippen LogP contribution is -1.96. The molecule has 3 aromatic rings. The van der Waals surface area contributed by atoms with E-state index in [1.165, 1.54) is 11.3 Å². The van der Waals surface area contributed by atoms with E-state index in [0.29, 0.717) is 11.1 Å². The predicted molar refractivity (Wildman–Crippen MR) is 69.1 cm³/mol. The summed E-state index contributed by atoms with van der Waals surface area (Å²) >= 11 is 1.52. The Kier molecular flexibility index (Phi) is 1.73. The molecule has 4 heteroatoms. The van der Waals surface area contributed by atoms with E-state index in [9.17, 15) is 9.59 Å². The Hall–Kier alpha value is -2.20. The number of esters is 2. The summed E-state index contributed by atoms with van der Waals surface area (Å²) < 4.78 is 6.61. The van der Waals surface area contributed by atoms with Gasteiger partial charge in [-0.3, -0.25) is 0 Å². The highest BCUT2D eigenvalue weighted by Gasteiger charge is 2.32. The SMILES string of the molecule is O=C1OC(=O)c2c1ccc1c2sc2ccccc21. The van der Waals surface area contributed by atoms with E-state index in [2.05, 4.69) is 4.74 Å².